The third-order valence-electron chi connectivity index (χ3n) is 4.00. The lowest BCUT2D eigenvalue weighted by Crippen LogP contribution is -2.26. The molecule has 9 heteroatoms. The molecule has 0 aliphatic heterocycles. The smallest absolute Gasteiger partial charge is 0.240 e. The van der Waals surface area contributed by atoms with Crippen LogP contribution in [0.4, 0.5) is 0 Å². The van der Waals surface area contributed by atoms with Crippen LogP contribution in [-0.2, 0) is 10.0 Å². The average molecular weight is 407 g/mol. The van der Waals surface area contributed by atoms with Gasteiger partial charge < -0.3 is 0 Å². The molecule has 1 fully saturated rings. The minimum Gasteiger partial charge on any atom is -0.298 e. The fourth-order valence-corrected chi connectivity index (χ4v) is 5.36. The van der Waals surface area contributed by atoms with Gasteiger partial charge in [0.15, 0.2) is 11.0 Å². The molecule has 1 saturated carbocycles. The molecule has 2 aromatic heterocycles. The first kappa shape index (κ1) is 17.7. The van der Waals surface area contributed by atoms with Crippen LogP contribution in [0.3, 0.4) is 0 Å². The summed E-state index contributed by atoms with van der Waals surface area (Å²) in [5, 5.41) is 11.6. The fourth-order valence-electron chi connectivity index (χ4n) is 2.61. The Morgan fingerprint density at radius 2 is 1.96 bits per heavy atom. The number of thioether (sulfide) groups is 1. The van der Waals surface area contributed by atoms with E-state index in [-0.39, 0.29) is 4.90 Å². The van der Waals surface area contributed by atoms with Crippen LogP contribution in [0.5, 0.6) is 0 Å². The highest BCUT2D eigenvalue weighted by atomic mass is 32.2. The predicted molar refractivity (Wildman–Crippen MR) is 104 cm³/mol. The molecule has 3 aromatic rings. The van der Waals surface area contributed by atoms with E-state index in [2.05, 4.69) is 25.6 Å². The molecule has 1 aliphatic carbocycles. The Hall–Kier alpha value is -1.68. The van der Waals surface area contributed by atoms with E-state index in [1.807, 2.05) is 11.4 Å². The molecular weight excluding hydrogens is 388 g/mol. The Morgan fingerprint density at radius 1 is 1.15 bits per heavy atom. The van der Waals surface area contributed by atoms with Gasteiger partial charge in [0.05, 0.1) is 9.77 Å². The number of sulfonamides is 1. The summed E-state index contributed by atoms with van der Waals surface area (Å²) in [4.78, 5) is 1.40. The van der Waals surface area contributed by atoms with Crippen molar-refractivity contribution in [1.29, 1.82) is 0 Å². The minimum absolute atomic E-state index is 0.283. The van der Waals surface area contributed by atoms with Crippen LogP contribution in [0.25, 0.3) is 10.7 Å². The maximum atomic E-state index is 12.2. The minimum atomic E-state index is -3.46. The first-order valence-corrected chi connectivity index (χ1v) is 11.7. The standard InChI is InChI=1S/C17H18N4O2S3/c22-26(23,14-5-2-1-3-6-14)18-10-12-25-17-20-19-16(15-7-4-11-24-15)21(17)13-8-9-13/h1-7,11,13,18H,8-10,12H2. The number of rotatable bonds is 8. The van der Waals surface area contributed by atoms with E-state index >= 15 is 0 Å². The summed E-state index contributed by atoms with van der Waals surface area (Å²) in [5.41, 5.74) is 0. The van der Waals surface area contributed by atoms with Gasteiger partial charge in [-0.3, -0.25) is 4.57 Å². The molecule has 2 heterocycles. The second kappa shape index (κ2) is 7.51. The van der Waals surface area contributed by atoms with E-state index in [4.69, 9.17) is 0 Å². The molecule has 0 atom stereocenters. The van der Waals surface area contributed by atoms with Gasteiger partial charge in [-0.05, 0) is 36.4 Å². The largest absolute Gasteiger partial charge is 0.298 e. The highest BCUT2D eigenvalue weighted by molar-refractivity contribution is 7.99. The van der Waals surface area contributed by atoms with Crippen LogP contribution >= 0.6 is 23.1 Å². The molecule has 0 bridgehead atoms. The molecule has 4 rings (SSSR count). The van der Waals surface area contributed by atoms with Gasteiger partial charge in [0.2, 0.25) is 10.0 Å². The summed E-state index contributed by atoms with van der Waals surface area (Å²) in [6.07, 6.45) is 2.29. The summed E-state index contributed by atoms with van der Waals surface area (Å²) < 4.78 is 29.3. The molecule has 1 aromatic carbocycles. The van der Waals surface area contributed by atoms with Crippen LogP contribution in [0.2, 0.25) is 0 Å². The van der Waals surface area contributed by atoms with Crippen molar-refractivity contribution in [2.45, 2.75) is 28.9 Å². The first-order chi connectivity index (χ1) is 12.6. The van der Waals surface area contributed by atoms with E-state index < -0.39 is 10.0 Å². The maximum Gasteiger partial charge on any atom is 0.240 e. The number of nitrogens with one attached hydrogen (secondary N) is 1. The third-order valence-corrected chi connectivity index (χ3v) is 7.28. The van der Waals surface area contributed by atoms with Gasteiger partial charge in [0.1, 0.15) is 0 Å². The molecule has 0 amide bonds. The number of benzene rings is 1. The number of aromatic nitrogens is 3. The van der Waals surface area contributed by atoms with Crippen LogP contribution in [0, 0.1) is 0 Å². The molecule has 0 spiro atoms. The van der Waals surface area contributed by atoms with Gasteiger partial charge >= 0.3 is 0 Å². The van der Waals surface area contributed by atoms with Gasteiger partial charge in [-0.1, -0.05) is 36.0 Å². The van der Waals surface area contributed by atoms with E-state index in [0.717, 1.165) is 28.7 Å². The maximum absolute atomic E-state index is 12.2. The molecule has 0 saturated heterocycles. The molecule has 1 aliphatic rings. The van der Waals surface area contributed by atoms with Crippen molar-refractivity contribution in [1.82, 2.24) is 19.5 Å². The first-order valence-electron chi connectivity index (χ1n) is 8.31. The van der Waals surface area contributed by atoms with Crippen molar-refractivity contribution < 1.29 is 8.42 Å². The highest BCUT2D eigenvalue weighted by Gasteiger charge is 2.30. The molecule has 1 N–H and O–H groups in total. The lowest BCUT2D eigenvalue weighted by atomic mass is 10.4. The summed E-state index contributed by atoms with van der Waals surface area (Å²) in [6, 6.07) is 12.9. The average Bonchev–Trinajstić information content (AvgIpc) is 3.18. The fraction of sp³-hybridized carbons (Fsp3) is 0.294. The number of thiophene rings is 1. The second-order valence-corrected chi connectivity index (χ2v) is 9.72. The van der Waals surface area contributed by atoms with E-state index in [1.165, 1.54) is 11.8 Å². The van der Waals surface area contributed by atoms with Gasteiger partial charge in [-0.2, -0.15) is 0 Å². The van der Waals surface area contributed by atoms with E-state index in [9.17, 15) is 8.42 Å². The zero-order valence-corrected chi connectivity index (χ0v) is 16.4. The quantitative estimate of drug-likeness (QED) is 0.458. The Bertz CT molecular complexity index is 965. The zero-order chi connectivity index (χ0) is 18.0. The number of nitrogens with zero attached hydrogens (tertiary/aromatic N) is 3. The molecule has 136 valence electrons. The van der Waals surface area contributed by atoms with Crippen molar-refractivity contribution in [3.05, 3.63) is 47.8 Å². The number of hydrogen-bond acceptors (Lipinski definition) is 6. The lowest BCUT2D eigenvalue weighted by Gasteiger charge is -2.08. The summed E-state index contributed by atoms with van der Waals surface area (Å²) in [7, 11) is -3.46. The van der Waals surface area contributed by atoms with Crippen molar-refractivity contribution in [3.63, 3.8) is 0 Å². The van der Waals surface area contributed by atoms with Gasteiger partial charge in [-0.15, -0.1) is 21.5 Å². The Balaban J connectivity index is 1.40. The molecule has 0 radical (unpaired) electrons. The van der Waals surface area contributed by atoms with Gasteiger partial charge in [0, 0.05) is 18.3 Å². The zero-order valence-electron chi connectivity index (χ0n) is 13.9. The summed E-state index contributed by atoms with van der Waals surface area (Å²) in [5.74, 6) is 1.51. The SMILES string of the molecule is O=S(=O)(NCCSc1nnc(-c2cccs2)n1C1CC1)c1ccccc1. The molecule has 0 unspecified atom stereocenters. The normalized spacial score (nSPS) is 14.6. The van der Waals surface area contributed by atoms with E-state index in [0.29, 0.717) is 18.3 Å². The summed E-state index contributed by atoms with van der Waals surface area (Å²) in [6.45, 7) is 0.341. The van der Waals surface area contributed by atoms with Crippen molar-refractivity contribution in [2.75, 3.05) is 12.3 Å². The Kier molecular flexibility index (Phi) is 5.12. The lowest BCUT2D eigenvalue weighted by molar-refractivity contribution is 0.584. The molecular formula is C17H18N4O2S3. The van der Waals surface area contributed by atoms with Gasteiger partial charge in [0.25, 0.3) is 0 Å². The highest BCUT2D eigenvalue weighted by Crippen LogP contribution is 2.41. The van der Waals surface area contributed by atoms with Crippen molar-refractivity contribution in [2.24, 2.45) is 0 Å². The van der Waals surface area contributed by atoms with Crippen LogP contribution < -0.4 is 4.72 Å². The number of hydrogen-bond donors (Lipinski definition) is 1. The summed E-state index contributed by atoms with van der Waals surface area (Å²) >= 11 is 3.19. The second-order valence-electron chi connectivity index (χ2n) is 5.94. The van der Waals surface area contributed by atoms with Gasteiger partial charge in [-0.25, -0.2) is 13.1 Å². The Morgan fingerprint density at radius 3 is 2.65 bits per heavy atom. The van der Waals surface area contributed by atoms with E-state index in [1.54, 1.807) is 41.7 Å². The topological polar surface area (TPSA) is 76.9 Å². The monoisotopic (exact) mass is 406 g/mol. The van der Waals surface area contributed by atoms with Crippen LogP contribution in [0.15, 0.2) is 57.9 Å². The van der Waals surface area contributed by atoms with Crippen molar-refractivity contribution >= 4 is 33.1 Å². The van der Waals surface area contributed by atoms with Crippen LogP contribution in [0.1, 0.15) is 18.9 Å². The third kappa shape index (κ3) is 3.85. The molecule has 26 heavy (non-hydrogen) atoms. The van der Waals surface area contributed by atoms with Crippen molar-refractivity contribution in [3.8, 4) is 10.7 Å². The molecule has 6 nitrogen and oxygen atoms in total. The predicted octanol–water partition coefficient (Wildman–Crippen LogP) is 3.41. The van der Waals surface area contributed by atoms with Crippen LogP contribution in [-0.4, -0.2) is 35.5 Å². The Labute approximate surface area is 160 Å².